The zero-order valence-corrected chi connectivity index (χ0v) is 9.94. The number of aromatic nitrogens is 1. The molecule has 0 amide bonds. The highest BCUT2D eigenvalue weighted by Gasteiger charge is 2.20. The number of morpholine rings is 1. The molecule has 1 unspecified atom stereocenters. The summed E-state index contributed by atoms with van der Waals surface area (Å²) in [6, 6.07) is 3.83. The van der Waals surface area contributed by atoms with Gasteiger partial charge in [-0.1, -0.05) is 11.6 Å². The maximum Gasteiger partial charge on any atom is 0.131 e. The maximum atomic E-state index is 9.12. The van der Waals surface area contributed by atoms with Gasteiger partial charge in [0, 0.05) is 6.54 Å². The van der Waals surface area contributed by atoms with Crippen molar-refractivity contribution in [2.24, 2.45) is 0 Å². The normalized spacial score (nSPS) is 21.2. The highest BCUT2D eigenvalue weighted by atomic mass is 35.5. The molecule has 1 atom stereocenters. The van der Waals surface area contributed by atoms with Gasteiger partial charge in [-0.2, -0.15) is 0 Å². The van der Waals surface area contributed by atoms with Gasteiger partial charge in [0.15, 0.2) is 0 Å². The summed E-state index contributed by atoms with van der Waals surface area (Å²) in [6.45, 7) is 4.27. The van der Waals surface area contributed by atoms with Gasteiger partial charge in [0.05, 0.1) is 25.9 Å². The summed E-state index contributed by atoms with van der Waals surface area (Å²) >= 11 is 5.92. The van der Waals surface area contributed by atoms with E-state index in [1.807, 2.05) is 6.07 Å². The van der Waals surface area contributed by atoms with Crippen LogP contribution in [0.15, 0.2) is 12.1 Å². The second kappa shape index (κ2) is 4.99. The summed E-state index contributed by atoms with van der Waals surface area (Å²) in [5.74, 6) is 0.812. The molecule has 4 nitrogen and oxygen atoms in total. The van der Waals surface area contributed by atoms with Crippen LogP contribution in [0.4, 0.5) is 5.82 Å². The number of anilines is 1. The van der Waals surface area contributed by atoms with Crippen LogP contribution in [0.5, 0.6) is 0 Å². The summed E-state index contributed by atoms with van der Waals surface area (Å²) < 4.78 is 5.37. The van der Waals surface area contributed by atoms with Gasteiger partial charge >= 0.3 is 0 Å². The number of aliphatic hydroxyl groups excluding tert-OH is 1. The third-order valence-electron chi connectivity index (χ3n) is 2.68. The minimum absolute atomic E-state index is 0.0199. The fourth-order valence-corrected chi connectivity index (χ4v) is 2.07. The van der Waals surface area contributed by atoms with E-state index in [2.05, 4.69) is 16.8 Å². The smallest absolute Gasteiger partial charge is 0.131 e. The quantitative estimate of drug-likeness (QED) is 0.798. The number of pyridine rings is 1. The monoisotopic (exact) mass is 242 g/mol. The van der Waals surface area contributed by atoms with E-state index >= 15 is 0 Å². The third-order valence-corrected chi connectivity index (χ3v) is 2.88. The van der Waals surface area contributed by atoms with Gasteiger partial charge in [-0.25, -0.2) is 4.98 Å². The van der Waals surface area contributed by atoms with E-state index in [1.165, 1.54) is 0 Å². The molecule has 1 aromatic rings. The molecule has 1 aromatic heterocycles. The lowest BCUT2D eigenvalue weighted by Crippen LogP contribution is -2.44. The van der Waals surface area contributed by atoms with E-state index < -0.39 is 0 Å². The Hall–Kier alpha value is -0.840. The number of nitrogens with zero attached hydrogens (tertiary/aromatic N) is 2. The number of hydrogen-bond acceptors (Lipinski definition) is 4. The first-order chi connectivity index (χ1) is 7.70. The van der Waals surface area contributed by atoms with Crippen LogP contribution in [0.3, 0.4) is 0 Å². The molecule has 1 aliphatic rings. The Bertz CT molecular complexity index is 373. The predicted molar refractivity (Wildman–Crippen MR) is 62.8 cm³/mol. The van der Waals surface area contributed by atoms with E-state index in [0.29, 0.717) is 18.4 Å². The minimum atomic E-state index is -0.0199. The van der Waals surface area contributed by atoms with Crippen molar-refractivity contribution in [3.8, 4) is 0 Å². The number of aliphatic hydroxyl groups is 1. The second-order valence-electron chi connectivity index (χ2n) is 3.93. The molecule has 5 heteroatoms. The molecule has 0 aromatic carbocycles. The average molecular weight is 243 g/mol. The number of ether oxygens (including phenoxy) is 1. The molecule has 1 aliphatic heterocycles. The van der Waals surface area contributed by atoms with Gasteiger partial charge in [-0.15, -0.1) is 0 Å². The summed E-state index contributed by atoms with van der Waals surface area (Å²) in [5, 5.41) is 9.54. The second-order valence-corrected chi connectivity index (χ2v) is 4.32. The van der Waals surface area contributed by atoms with Crippen molar-refractivity contribution in [2.45, 2.75) is 19.6 Å². The summed E-state index contributed by atoms with van der Waals surface area (Å²) in [4.78, 5) is 6.43. The van der Waals surface area contributed by atoms with Gasteiger partial charge in [0.25, 0.3) is 0 Å². The Morgan fingerprint density at radius 1 is 1.62 bits per heavy atom. The Morgan fingerprint density at radius 3 is 3.12 bits per heavy atom. The van der Waals surface area contributed by atoms with Crippen molar-refractivity contribution >= 4 is 17.4 Å². The van der Waals surface area contributed by atoms with Gasteiger partial charge in [-0.3, -0.25) is 0 Å². The first-order valence-corrected chi connectivity index (χ1v) is 5.70. The van der Waals surface area contributed by atoms with Gasteiger partial charge < -0.3 is 14.7 Å². The molecule has 2 rings (SSSR count). The molecule has 0 aliphatic carbocycles. The van der Waals surface area contributed by atoms with Crippen LogP contribution in [-0.4, -0.2) is 35.9 Å². The van der Waals surface area contributed by atoms with E-state index in [0.717, 1.165) is 17.9 Å². The van der Waals surface area contributed by atoms with Crippen molar-refractivity contribution in [1.82, 2.24) is 4.98 Å². The molecule has 0 spiro atoms. The fourth-order valence-electron chi connectivity index (χ4n) is 1.84. The predicted octanol–water partition coefficient (Wildman–Crippen LogP) is 1.45. The van der Waals surface area contributed by atoms with Gasteiger partial charge in [-0.05, 0) is 24.6 Å². The lowest BCUT2D eigenvalue weighted by molar-refractivity contribution is 0.0985. The van der Waals surface area contributed by atoms with E-state index in [-0.39, 0.29) is 12.6 Å². The molecule has 1 saturated heterocycles. The molecule has 0 bridgehead atoms. The third kappa shape index (κ3) is 2.45. The van der Waals surface area contributed by atoms with Crippen LogP contribution in [0.25, 0.3) is 0 Å². The highest BCUT2D eigenvalue weighted by molar-refractivity contribution is 6.29. The van der Waals surface area contributed by atoms with Crippen molar-refractivity contribution < 1.29 is 9.84 Å². The van der Waals surface area contributed by atoms with E-state index in [9.17, 15) is 0 Å². The van der Waals surface area contributed by atoms with Crippen LogP contribution < -0.4 is 4.90 Å². The summed E-state index contributed by atoms with van der Waals surface area (Å²) in [6.07, 6.45) is 0. The molecular formula is C11H15ClN2O2. The standard InChI is InChI=1S/C11H15ClN2O2/c1-8-7-16-3-2-14(8)11-5-9(6-15)4-10(12)13-11/h4-5,8,15H,2-3,6-7H2,1H3. The van der Waals surface area contributed by atoms with Crippen LogP contribution in [-0.2, 0) is 11.3 Å². The molecule has 0 saturated carbocycles. The van der Waals surface area contributed by atoms with Crippen molar-refractivity contribution in [3.05, 3.63) is 22.8 Å². The SMILES string of the molecule is CC1COCCN1c1cc(CO)cc(Cl)n1. The van der Waals surface area contributed by atoms with E-state index in [4.69, 9.17) is 21.4 Å². The van der Waals surface area contributed by atoms with E-state index in [1.54, 1.807) is 6.07 Å². The van der Waals surface area contributed by atoms with Crippen LogP contribution in [0.1, 0.15) is 12.5 Å². The Labute approximate surface area is 99.8 Å². The Morgan fingerprint density at radius 2 is 2.44 bits per heavy atom. The Balaban J connectivity index is 2.27. The molecule has 0 radical (unpaired) electrons. The first kappa shape index (κ1) is 11.6. The van der Waals surface area contributed by atoms with Gasteiger partial charge in [0.1, 0.15) is 11.0 Å². The largest absolute Gasteiger partial charge is 0.392 e. The average Bonchev–Trinajstić information content (AvgIpc) is 2.28. The van der Waals surface area contributed by atoms with Crippen LogP contribution in [0.2, 0.25) is 5.15 Å². The molecule has 2 heterocycles. The molecular weight excluding hydrogens is 228 g/mol. The molecule has 16 heavy (non-hydrogen) atoms. The number of rotatable bonds is 2. The zero-order chi connectivity index (χ0) is 11.5. The van der Waals surface area contributed by atoms with Crippen molar-refractivity contribution in [3.63, 3.8) is 0 Å². The van der Waals surface area contributed by atoms with Gasteiger partial charge in [0.2, 0.25) is 0 Å². The topological polar surface area (TPSA) is 45.6 Å². The molecule has 1 fully saturated rings. The fraction of sp³-hybridized carbons (Fsp3) is 0.545. The van der Waals surface area contributed by atoms with Crippen molar-refractivity contribution in [1.29, 1.82) is 0 Å². The number of hydrogen-bond donors (Lipinski definition) is 1. The van der Waals surface area contributed by atoms with Crippen LogP contribution >= 0.6 is 11.6 Å². The van der Waals surface area contributed by atoms with Crippen molar-refractivity contribution in [2.75, 3.05) is 24.7 Å². The molecule has 88 valence electrons. The first-order valence-electron chi connectivity index (χ1n) is 5.32. The van der Waals surface area contributed by atoms with Crippen LogP contribution in [0, 0.1) is 0 Å². The maximum absolute atomic E-state index is 9.12. The zero-order valence-electron chi connectivity index (χ0n) is 9.19. The number of halogens is 1. The summed E-state index contributed by atoms with van der Waals surface area (Å²) in [7, 11) is 0. The lowest BCUT2D eigenvalue weighted by Gasteiger charge is -2.34. The molecule has 1 N–H and O–H groups in total. The lowest BCUT2D eigenvalue weighted by atomic mass is 10.2. The highest BCUT2D eigenvalue weighted by Crippen LogP contribution is 2.21. The minimum Gasteiger partial charge on any atom is -0.392 e. The summed E-state index contributed by atoms with van der Waals surface area (Å²) in [5.41, 5.74) is 0.786. The Kier molecular flexibility index (Phi) is 3.63.